The molecule has 2 rings (SSSR count). The number of rotatable bonds is 2. The first-order valence-electron chi connectivity index (χ1n) is 3.81. The van der Waals surface area contributed by atoms with E-state index in [1.165, 1.54) is 6.20 Å². The van der Waals surface area contributed by atoms with Gasteiger partial charge in [-0.25, -0.2) is 9.67 Å². The molecule has 0 radical (unpaired) electrons. The maximum atomic E-state index is 10.3. The third-order valence-electron chi connectivity index (χ3n) is 1.65. The van der Waals surface area contributed by atoms with Gasteiger partial charge < -0.3 is 0 Å². The van der Waals surface area contributed by atoms with Gasteiger partial charge in [0.25, 0.3) is 0 Å². The fourth-order valence-corrected chi connectivity index (χ4v) is 1.01. The molecule has 0 aliphatic heterocycles. The van der Waals surface area contributed by atoms with Crippen molar-refractivity contribution in [2.75, 3.05) is 0 Å². The van der Waals surface area contributed by atoms with Crippen molar-refractivity contribution in [2.45, 2.75) is 0 Å². The summed E-state index contributed by atoms with van der Waals surface area (Å²) in [4.78, 5) is 14.4. The number of hydrogen-bond acceptors (Lipinski definition) is 3. The van der Waals surface area contributed by atoms with Crippen LogP contribution in [0.25, 0.3) is 5.82 Å². The van der Waals surface area contributed by atoms with Gasteiger partial charge >= 0.3 is 0 Å². The summed E-state index contributed by atoms with van der Waals surface area (Å²) in [7, 11) is 0. The number of nitrogens with zero attached hydrogens (tertiary/aromatic N) is 3. The predicted octanol–water partition coefficient (Wildman–Crippen LogP) is 1.08. The first-order chi connectivity index (χ1) is 6.40. The van der Waals surface area contributed by atoms with E-state index in [1.807, 2.05) is 6.07 Å². The number of carbonyl (C=O) groups is 1. The van der Waals surface area contributed by atoms with Crippen molar-refractivity contribution in [1.29, 1.82) is 0 Å². The van der Waals surface area contributed by atoms with E-state index in [2.05, 4.69) is 10.1 Å². The van der Waals surface area contributed by atoms with E-state index in [4.69, 9.17) is 0 Å². The summed E-state index contributed by atoms with van der Waals surface area (Å²) in [5, 5.41) is 4.01. The van der Waals surface area contributed by atoms with Gasteiger partial charge in [0.05, 0.1) is 0 Å². The fraction of sp³-hybridized carbons (Fsp3) is 0. The number of pyridine rings is 1. The summed E-state index contributed by atoms with van der Waals surface area (Å²) in [6, 6.07) is 5.27. The van der Waals surface area contributed by atoms with Gasteiger partial charge in [-0.2, -0.15) is 5.10 Å². The maximum Gasteiger partial charge on any atom is 0.153 e. The van der Waals surface area contributed by atoms with Crippen molar-refractivity contribution in [3.63, 3.8) is 0 Å². The lowest BCUT2D eigenvalue weighted by Gasteiger charge is -1.98. The lowest BCUT2D eigenvalue weighted by Crippen LogP contribution is -1.97. The maximum absolute atomic E-state index is 10.3. The van der Waals surface area contributed by atoms with E-state index >= 15 is 0 Å². The zero-order chi connectivity index (χ0) is 9.10. The highest BCUT2D eigenvalue weighted by atomic mass is 16.1. The molecule has 0 aliphatic rings. The Morgan fingerprint density at radius 3 is 2.85 bits per heavy atom. The molecule has 0 saturated heterocycles. The summed E-state index contributed by atoms with van der Waals surface area (Å²) in [6.45, 7) is 0. The van der Waals surface area contributed by atoms with Crippen LogP contribution in [0.15, 0.2) is 36.8 Å². The molecule has 0 spiro atoms. The van der Waals surface area contributed by atoms with Gasteiger partial charge in [0.1, 0.15) is 0 Å². The van der Waals surface area contributed by atoms with Gasteiger partial charge in [0.2, 0.25) is 0 Å². The summed E-state index contributed by atoms with van der Waals surface area (Å²) in [5.74, 6) is 0.704. The minimum Gasteiger partial charge on any atom is -0.298 e. The molecule has 0 fully saturated rings. The number of hydrogen-bond donors (Lipinski definition) is 0. The van der Waals surface area contributed by atoms with Crippen LogP contribution in [0.5, 0.6) is 0 Å². The molecule has 0 N–H and O–H groups in total. The standard InChI is InChI=1S/C9H7N3O/c13-7-8-2-3-9(10-6-8)12-5-1-4-11-12/h1-7H. The van der Waals surface area contributed by atoms with Crippen LogP contribution in [0, 0.1) is 0 Å². The van der Waals surface area contributed by atoms with Crippen molar-refractivity contribution in [3.05, 3.63) is 42.4 Å². The van der Waals surface area contributed by atoms with Gasteiger partial charge in [-0.05, 0) is 18.2 Å². The summed E-state index contributed by atoms with van der Waals surface area (Å²) < 4.78 is 1.63. The summed E-state index contributed by atoms with van der Waals surface area (Å²) >= 11 is 0. The molecule has 4 heteroatoms. The lowest BCUT2D eigenvalue weighted by atomic mass is 10.3. The van der Waals surface area contributed by atoms with Crippen LogP contribution >= 0.6 is 0 Å². The molecule has 0 unspecified atom stereocenters. The van der Waals surface area contributed by atoms with E-state index < -0.39 is 0 Å². The van der Waals surface area contributed by atoms with Gasteiger partial charge in [0, 0.05) is 24.2 Å². The van der Waals surface area contributed by atoms with Crippen LogP contribution in [0.2, 0.25) is 0 Å². The molecule has 0 atom stereocenters. The van der Waals surface area contributed by atoms with Crippen LogP contribution in [-0.2, 0) is 0 Å². The summed E-state index contributed by atoms with van der Waals surface area (Å²) in [5.41, 5.74) is 0.566. The molecule has 0 saturated carbocycles. The average molecular weight is 173 g/mol. The molecule has 2 aromatic rings. The van der Waals surface area contributed by atoms with Gasteiger partial charge in [0.15, 0.2) is 12.1 Å². The highest BCUT2D eigenvalue weighted by molar-refractivity contribution is 5.74. The molecule has 0 aromatic carbocycles. The van der Waals surface area contributed by atoms with Crippen molar-refractivity contribution < 1.29 is 4.79 Å². The highest BCUT2D eigenvalue weighted by Crippen LogP contribution is 2.02. The molecular weight excluding hydrogens is 166 g/mol. The first kappa shape index (κ1) is 7.67. The Morgan fingerprint density at radius 1 is 1.38 bits per heavy atom. The second-order valence-corrected chi connectivity index (χ2v) is 2.52. The molecule has 2 heterocycles. The van der Waals surface area contributed by atoms with Crippen molar-refractivity contribution in [1.82, 2.24) is 14.8 Å². The van der Waals surface area contributed by atoms with Crippen LogP contribution in [0.1, 0.15) is 10.4 Å². The van der Waals surface area contributed by atoms with Crippen molar-refractivity contribution in [3.8, 4) is 5.82 Å². The number of aldehydes is 1. The van der Waals surface area contributed by atoms with E-state index in [-0.39, 0.29) is 0 Å². The molecule has 4 nitrogen and oxygen atoms in total. The number of carbonyl (C=O) groups excluding carboxylic acids is 1. The summed E-state index contributed by atoms with van der Waals surface area (Å²) in [6.07, 6.45) is 5.75. The average Bonchev–Trinajstić information content (AvgIpc) is 2.71. The third kappa shape index (κ3) is 1.46. The molecule has 0 amide bonds. The predicted molar refractivity (Wildman–Crippen MR) is 46.7 cm³/mol. The smallest absolute Gasteiger partial charge is 0.153 e. The highest BCUT2D eigenvalue weighted by Gasteiger charge is 1.96. The minimum atomic E-state index is 0.566. The zero-order valence-corrected chi connectivity index (χ0v) is 6.79. The largest absolute Gasteiger partial charge is 0.298 e. The van der Waals surface area contributed by atoms with Crippen LogP contribution in [0.4, 0.5) is 0 Å². The zero-order valence-electron chi connectivity index (χ0n) is 6.79. The monoisotopic (exact) mass is 173 g/mol. The second-order valence-electron chi connectivity index (χ2n) is 2.52. The fourth-order valence-electron chi connectivity index (χ4n) is 1.01. The Hall–Kier alpha value is -1.97. The van der Waals surface area contributed by atoms with Gasteiger partial charge in [-0.3, -0.25) is 4.79 Å². The quantitative estimate of drug-likeness (QED) is 0.638. The molecule has 64 valence electrons. The topological polar surface area (TPSA) is 47.8 Å². The van der Waals surface area contributed by atoms with Crippen LogP contribution in [-0.4, -0.2) is 21.1 Å². The molecular formula is C9H7N3O. The lowest BCUT2D eigenvalue weighted by molar-refractivity contribution is 0.112. The minimum absolute atomic E-state index is 0.566. The van der Waals surface area contributed by atoms with E-state index in [0.29, 0.717) is 11.4 Å². The second kappa shape index (κ2) is 3.18. The first-order valence-corrected chi connectivity index (χ1v) is 3.81. The van der Waals surface area contributed by atoms with Crippen LogP contribution in [0.3, 0.4) is 0 Å². The molecule has 0 bridgehead atoms. The van der Waals surface area contributed by atoms with Crippen LogP contribution < -0.4 is 0 Å². The number of aromatic nitrogens is 3. The molecule has 2 aromatic heterocycles. The normalized spacial score (nSPS) is 9.85. The Bertz CT molecular complexity index is 391. The Labute approximate surface area is 74.8 Å². The van der Waals surface area contributed by atoms with E-state index in [0.717, 1.165) is 6.29 Å². The molecule has 0 aliphatic carbocycles. The van der Waals surface area contributed by atoms with E-state index in [1.54, 1.807) is 29.2 Å². The SMILES string of the molecule is O=Cc1ccc(-n2cccn2)nc1. The van der Waals surface area contributed by atoms with Crippen molar-refractivity contribution >= 4 is 6.29 Å². The van der Waals surface area contributed by atoms with Gasteiger partial charge in [-0.15, -0.1) is 0 Å². The van der Waals surface area contributed by atoms with Crippen molar-refractivity contribution in [2.24, 2.45) is 0 Å². The Kier molecular flexibility index (Phi) is 1.88. The third-order valence-corrected chi connectivity index (χ3v) is 1.65. The van der Waals surface area contributed by atoms with Gasteiger partial charge in [-0.1, -0.05) is 0 Å². The Morgan fingerprint density at radius 2 is 2.31 bits per heavy atom. The van der Waals surface area contributed by atoms with E-state index in [9.17, 15) is 4.79 Å². The Balaban J connectivity index is 2.38. The molecule has 13 heavy (non-hydrogen) atoms.